The van der Waals surface area contributed by atoms with E-state index >= 15 is 0 Å². The van der Waals surface area contributed by atoms with Crippen molar-refractivity contribution in [2.45, 2.75) is 301 Å². The molecule has 1 aliphatic rings. The molecule has 14 heteroatoms. The molecule has 1 aliphatic carbocycles. The summed E-state index contributed by atoms with van der Waals surface area (Å²) in [4.78, 5) is 35.9. The molecule has 1 fully saturated rings. The highest BCUT2D eigenvalue weighted by atomic mass is 31.2. The first kappa shape index (κ1) is 63.6. The molecule has 13 nitrogen and oxygen atoms in total. The Morgan fingerprint density at radius 1 is 0.448 bits per heavy atom. The Morgan fingerprint density at radius 3 is 1.18 bits per heavy atom. The molecule has 67 heavy (non-hydrogen) atoms. The van der Waals surface area contributed by atoms with Crippen LogP contribution in [0, 0.1) is 0 Å². The van der Waals surface area contributed by atoms with Crippen LogP contribution in [-0.4, -0.2) is 98.3 Å². The van der Waals surface area contributed by atoms with E-state index in [1.54, 1.807) is 0 Å². The second-order valence-corrected chi connectivity index (χ2v) is 20.9. The van der Waals surface area contributed by atoms with Crippen LogP contribution in [0.25, 0.3) is 0 Å². The largest absolute Gasteiger partial charge is 0.472 e. The number of unbranched alkanes of at least 4 members (excludes halogenated alkanes) is 33. The Bertz CT molecular complexity index is 1220. The minimum Gasteiger partial charge on any atom is -0.462 e. The molecule has 0 aliphatic heterocycles. The van der Waals surface area contributed by atoms with E-state index in [0.29, 0.717) is 12.8 Å². The summed E-state index contributed by atoms with van der Waals surface area (Å²) in [5, 5.41) is 50.3. The molecule has 1 saturated carbocycles. The number of phosphoric acid groups is 1. The summed E-state index contributed by atoms with van der Waals surface area (Å²) in [5.41, 5.74) is 0. The van der Waals surface area contributed by atoms with Crippen molar-refractivity contribution in [3.63, 3.8) is 0 Å². The van der Waals surface area contributed by atoms with Gasteiger partial charge in [0.05, 0.1) is 6.61 Å². The van der Waals surface area contributed by atoms with Gasteiger partial charge in [0.2, 0.25) is 0 Å². The lowest BCUT2D eigenvalue weighted by Crippen LogP contribution is -2.64. The van der Waals surface area contributed by atoms with Gasteiger partial charge in [-0.25, -0.2) is 4.57 Å². The molecule has 6 N–H and O–H groups in total. The molecule has 0 aromatic heterocycles. The predicted molar refractivity (Wildman–Crippen MR) is 267 cm³/mol. The molecule has 6 unspecified atom stereocenters. The Hall–Kier alpha value is -1.41. The summed E-state index contributed by atoms with van der Waals surface area (Å²) in [6.45, 7) is 3.32. The van der Waals surface area contributed by atoms with E-state index in [2.05, 4.69) is 26.0 Å². The summed E-state index contributed by atoms with van der Waals surface area (Å²) in [5.74, 6) is -1.09. The molecule has 8 atom stereocenters. The van der Waals surface area contributed by atoms with Crippen LogP contribution in [0.3, 0.4) is 0 Å². The van der Waals surface area contributed by atoms with Crippen LogP contribution in [0.2, 0.25) is 0 Å². The van der Waals surface area contributed by atoms with Crippen LogP contribution in [0.4, 0.5) is 0 Å². The number of ether oxygens (including phenoxy) is 2. The first-order valence-corrected chi connectivity index (χ1v) is 29.0. The van der Waals surface area contributed by atoms with E-state index in [0.717, 1.165) is 51.4 Å². The van der Waals surface area contributed by atoms with E-state index in [1.807, 2.05) is 0 Å². The highest BCUT2D eigenvalue weighted by molar-refractivity contribution is 7.47. The summed E-state index contributed by atoms with van der Waals surface area (Å²) in [6.07, 6.45) is 35.5. The van der Waals surface area contributed by atoms with Gasteiger partial charge in [0.15, 0.2) is 6.10 Å². The number of aliphatic hydroxyl groups excluding tert-OH is 5. The van der Waals surface area contributed by atoms with E-state index in [-0.39, 0.29) is 12.8 Å². The minimum atomic E-state index is -5.12. The van der Waals surface area contributed by atoms with Gasteiger partial charge < -0.3 is 39.9 Å². The number of aliphatic hydroxyl groups is 5. The Labute approximate surface area is 407 Å². The van der Waals surface area contributed by atoms with E-state index in [1.165, 1.54) is 167 Å². The fraction of sp³-hybridized carbons (Fsp3) is 0.925. The van der Waals surface area contributed by atoms with Crippen molar-refractivity contribution >= 4 is 19.8 Å². The van der Waals surface area contributed by atoms with Crippen molar-refractivity contribution in [2.75, 3.05) is 13.2 Å². The molecule has 0 spiro atoms. The summed E-state index contributed by atoms with van der Waals surface area (Å²) >= 11 is 0. The molecular weight excluding hydrogens is 876 g/mol. The van der Waals surface area contributed by atoms with Gasteiger partial charge in [-0.15, -0.1) is 0 Å². The van der Waals surface area contributed by atoms with Crippen LogP contribution in [0.15, 0.2) is 12.2 Å². The van der Waals surface area contributed by atoms with Crippen LogP contribution >= 0.6 is 7.82 Å². The zero-order valence-corrected chi connectivity index (χ0v) is 43.4. The summed E-state index contributed by atoms with van der Waals surface area (Å²) in [7, 11) is -5.12. The monoisotopic (exact) mass is 977 g/mol. The number of phosphoric ester groups is 1. The third-order valence-electron chi connectivity index (χ3n) is 13.1. The van der Waals surface area contributed by atoms with Crippen molar-refractivity contribution in [1.29, 1.82) is 0 Å². The topological polar surface area (TPSA) is 210 Å². The third-order valence-corrected chi connectivity index (χ3v) is 14.1. The normalized spacial score (nSPS) is 21.1. The Morgan fingerprint density at radius 2 is 0.776 bits per heavy atom. The molecule has 0 aromatic carbocycles. The standard InChI is InChI=1S/C53H101O13P/c1-3-5-7-9-11-13-15-17-19-20-21-22-23-24-25-26-28-29-31-33-35-37-39-41-46(54)63-43-45(44-64-67(61,62)66-53-51(59)49(57)48(56)50(58)52(53)60)65-47(55)42-40-38-36-34-32-30-27-18-16-14-12-10-8-6-4-2/h10,12,45,48-53,56-60H,3-9,11,13-44H2,1-2H3,(H,61,62)/b12-10+/t45-,48?,49-,50?,51?,52?,53?/m0/s1. The molecular formula is C53H101O13P. The fourth-order valence-corrected chi connectivity index (χ4v) is 9.66. The van der Waals surface area contributed by atoms with Gasteiger partial charge in [0.1, 0.15) is 43.2 Å². The van der Waals surface area contributed by atoms with Crippen molar-refractivity contribution in [1.82, 2.24) is 0 Å². The molecule has 0 heterocycles. The van der Waals surface area contributed by atoms with Gasteiger partial charge in [-0.05, 0) is 32.1 Å². The highest BCUT2D eigenvalue weighted by Gasteiger charge is 2.51. The number of hydrogen-bond donors (Lipinski definition) is 6. The van der Waals surface area contributed by atoms with Gasteiger partial charge in [-0.3, -0.25) is 18.6 Å². The molecule has 0 saturated heterocycles. The average Bonchev–Trinajstić information content (AvgIpc) is 3.31. The molecule has 396 valence electrons. The molecule has 0 amide bonds. The lowest BCUT2D eigenvalue weighted by Gasteiger charge is -2.41. The second-order valence-electron chi connectivity index (χ2n) is 19.4. The van der Waals surface area contributed by atoms with Crippen molar-refractivity contribution in [3.8, 4) is 0 Å². The van der Waals surface area contributed by atoms with Crippen molar-refractivity contribution in [3.05, 3.63) is 12.2 Å². The van der Waals surface area contributed by atoms with Crippen LogP contribution in [0.5, 0.6) is 0 Å². The zero-order valence-electron chi connectivity index (χ0n) is 42.5. The van der Waals surface area contributed by atoms with Gasteiger partial charge in [0.25, 0.3) is 0 Å². The van der Waals surface area contributed by atoms with Crippen LogP contribution in [-0.2, 0) is 32.7 Å². The second kappa shape index (κ2) is 43.4. The van der Waals surface area contributed by atoms with Crippen LogP contribution < -0.4 is 0 Å². The summed E-state index contributed by atoms with van der Waals surface area (Å²) < 4.78 is 33.7. The Kier molecular flexibility index (Phi) is 41.2. The first-order valence-electron chi connectivity index (χ1n) is 27.5. The molecule has 1 rings (SSSR count). The molecule has 0 radical (unpaired) electrons. The maximum Gasteiger partial charge on any atom is 0.472 e. The summed E-state index contributed by atoms with van der Waals surface area (Å²) in [6, 6.07) is 0. The van der Waals surface area contributed by atoms with E-state index in [9.17, 15) is 44.6 Å². The molecule has 0 bridgehead atoms. The van der Waals surface area contributed by atoms with Gasteiger partial charge in [0, 0.05) is 12.8 Å². The zero-order chi connectivity index (χ0) is 49.2. The smallest absolute Gasteiger partial charge is 0.462 e. The van der Waals surface area contributed by atoms with Crippen molar-refractivity contribution in [2.24, 2.45) is 0 Å². The van der Waals surface area contributed by atoms with Gasteiger partial charge in [-0.2, -0.15) is 0 Å². The van der Waals surface area contributed by atoms with E-state index < -0.39 is 75.7 Å². The maximum atomic E-state index is 12.9. The van der Waals surface area contributed by atoms with Gasteiger partial charge >= 0.3 is 19.8 Å². The fourth-order valence-electron chi connectivity index (χ4n) is 8.68. The van der Waals surface area contributed by atoms with E-state index in [4.69, 9.17) is 18.5 Å². The number of allylic oxidation sites excluding steroid dienone is 2. The third kappa shape index (κ3) is 35.4. The lowest BCUT2D eigenvalue weighted by atomic mass is 9.85. The van der Waals surface area contributed by atoms with Crippen LogP contribution in [0.1, 0.15) is 258 Å². The highest BCUT2D eigenvalue weighted by Crippen LogP contribution is 2.47. The lowest BCUT2D eigenvalue weighted by molar-refractivity contribution is -0.220. The average molecular weight is 977 g/mol. The number of rotatable bonds is 47. The molecule has 0 aromatic rings. The maximum absolute atomic E-state index is 12.9. The number of esters is 2. The Balaban J connectivity index is 2.32. The number of carbonyl (C=O) groups excluding carboxylic acids is 2. The quantitative estimate of drug-likeness (QED) is 0.0145. The number of carbonyl (C=O) groups is 2. The van der Waals surface area contributed by atoms with Crippen molar-refractivity contribution < 1.29 is 63.1 Å². The van der Waals surface area contributed by atoms with Gasteiger partial charge in [-0.1, -0.05) is 225 Å². The predicted octanol–water partition coefficient (Wildman–Crippen LogP) is 12.2. The first-order chi connectivity index (χ1) is 32.4. The number of hydrogen-bond acceptors (Lipinski definition) is 12. The SMILES string of the molecule is CCCC/C=C/CCCCCCCCCCCC(=O)O[C@@H](COC(=O)CCCCCCCCCCCCCCCCCCCCCCCCC)COP(=O)(O)OC1C(O)C(O)C(O)[C@H](O)C1O. The minimum absolute atomic E-state index is 0.0988.